The van der Waals surface area contributed by atoms with E-state index in [9.17, 15) is 37.9 Å². The van der Waals surface area contributed by atoms with Gasteiger partial charge in [0.1, 0.15) is 22.1 Å². The number of sulfonamides is 1. The maximum atomic E-state index is 14.9. The monoisotopic (exact) mass is 968 g/mol. The summed E-state index contributed by atoms with van der Waals surface area (Å²) in [4.78, 5) is 41.1. The molecule has 4 aliphatic rings. The molecule has 5 heterocycles. The highest BCUT2D eigenvalue weighted by Crippen LogP contribution is 2.49. The van der Waals surface area contributed by atoms with Crippen LogP contribution in [0.3, 0.4) is 0 Å². The van der Waals surface area contributed by atoms with Crippen LogP contribution >= 0.6 is 0 Å². The van der Waals surface area contributed by atoms with Crippen LogP contribution in [0.4, 0.5) is 21.6 Å². The van der Waals surface area contributed by atoms with Gasteiger partial charge in [0, 0.05) is 68.8 Å². The number of likely N-dealkylation sites (tertiary alicyclic amines) is 1. The minimum Gasteiger partial charge on any atom is -0.475 e. The Hall–Kier alpha value is -5.89. The predicted octanol–water partition coefficient (Wildman–Crippen LogP) is 8.13. The number of aromatic nitrogens is 3. The van der Waals surface area contributed by atoms with Crippen LogP contribution in [-0.2, 0) is 15.6 Å². The lowest BCUT2D eigenvalue weighted by molar-refractivity contribution is -0.384. The fraction of sp³-hybridized carbons (Fsp3) is 0.500. The first-order chi connectivity index (χ1) is 32.8. The van der Waals surface area contributed by atoms with E-state index < -0.39 is 48.5 Å². The highest BCUT2D eigenvalue weighted by Gasteiger charge is 2.50. The van der Waals surface area contributed by atoms with E-state index in [-0.39, 0.29) is 57.7 Å². The minimum absolute atomic E-state index is 0.0130. The Labute approximate surface area is 401 Å². The number of amides is 1. The van der Waals surface area contributed by atoms with Gasteiger partial charge in [-0.2, -0.15) is 4.98 Å². The van der Waals surface area contributed by atoms with Crippen molar-refractivity contribution in [3.8, 4) is 17.4 Å². The van der Waals surface area contributed by atoms with Crippen LogP contribution in [0.25, 0.3) is 11.0 Å². The van der Waals surface area contributed by atoms with Crippen molar-refractivity contribution in [2.45, 2.75) is 114 Å². The van der Waals surface area contributed by atoms with Gasteiger partial charge in [0.25, 0.3) is 21.8 Å². The van der Waals surface area contributed by atoms with E-state index in [1.54, 1.807) is 26.0 Å². The summed E-state index contributed by atoms with van der Waals surface area (Å²) in [6, 6.07) is 15.8. The van der Waals surface area contributed by atoms with Crippen molar-refractivity contribution in [1.82, 2.24) is 24.6 Å². The molecule has 5 aromatic rings. The van der Waals surface area contributed by atoms with Gasteiger partial charge in [-0.3, -0.25) is 19.8 Å². The first-order valence-corrected chi connectivity index (χ1v) is 25.4. The number of hydrogen-bond acceptors (Lipinski definition) is 14. The first-order valence-electron chi connectivity index (χ1n) is 23.9. The second-order valence-electron chi connectivity index (χ2n) is 20.2. The number of pyridine rings is 2. The molecule has 0 radical (unpaired) electrons. The van der Waals surface area contributed by atoms with E-state index >= 15 is 0 Å². The summed E-state index contributed by atoms with van der Waals surface area (Å²) in [6.45, 7) is 11.2. The number of nitrogens with zero attached hydrogens (tertiary/aromatic N) is 5. The molecule has 0 bridgehead atoms. The molecule has 2 aromatic carbocycles. The maximum absolute atomic E-state index is 14.9. The van der Waals surface area contributed by atoms with Crippen LogP contribution in [0.2, 0.25) is 0 Å². The predicted molar refractivity (Wildman–Crippen MR) is 258 cm³/mol. The number of halogens is 1. The zero-order valence-corrected chi connectivity index (χ0v) is 40.3. The van der Waals surface area contributed by atoms with E-state index in [0.29, 0.717) is 57.3 Å². The third kappa shape index (κ3) is 10.1. The molecule has 17 nitrogen and oxygen atoms in total. The van der Waals surface area contributed by atoms with Crippen molar-refractivity contribution in [3.63, 3.8) is 0 Å². The third-order valence-electron chi connectivity index (χ3n) is 14.8. The average Bonchev–Trinajstić information content (AvgIpc) is 3.93. The summed E-state index contributed by atoms with van der Waals surface area (Å²) < 4.78 is 56.7. The number of fused-ring (bicyclic) bond motifs is 1. The number of carbonyl (C=O) groups is 1. The largest absolute Gasteiger partial charge is 0.475 e. The van der Waals surface area contributed by atoms with E-state index in [0.717, 1.165) is 74.9 Å². The number of nitrogens with one attached hydrogen (secondary N) is 3. The van der Waals surface area contributed by atoms with Gasteiger partial charge in [-0.05, 0) is 120 Å². The summed E-state index contributed by atoms with van der Waals surface area (Å²) in [5, 5.41) is 36.6. The average molecular weight is 969 g/mol. The molecule has 1 spiro atoms. The van der Waals surface area contributed by atoms with Gasteiger partial charge < -0.3 is 34.9 Å². The van der Waals surface area contributed by atoms with Gasteiger partial charge >= 0.3 is 5.69 Å². The number of anilines is 2. The molecule has 19 heteroatoms. The number of H-pyrrole nitrogens is 1. The molecule has 4 fully saturated rings. The maximum Gasteiger partial charge on any atom is 0.312 e. The summed E-state index contributed by atoms with van der Waals surface area (Å²) in [5.74, 6) is -1.35. The third-order valence-corrected chi connectivity index (χ3v) is 16.1. The summed E-state index contributed by atoms with van der Waals surface area (Å²) in [6.07, 6.45) is 9.92. The number of carbonyl (C=O) groups excluding carboxylic acids is 1. The minimum atomic E-state index is -4.74. The summed E-state index contributed by atoms with van der Waals surface area (Å²) in [5.41, 5.74) is 0.867. The van der Waals surface area contributed by atoms with Crippen molar-refractivity contribution in [2.24, 2.45) is 11.3 Å². The van der Waals surface area contributed by atoms with Gasteiger partial charge in [-0.25, -0.2) is 22.5 Å². The second-order valence-corrected chi connectivity index (χ2v) is 21.9. The SMILES string of the molecule is CCOc1nc2[nH]cc(F)c2cc1Oc1cc(N2CCC3(CC2)CN([C@@H]2CCC[C@@H]2c2ccccc2C(C)(C)O)C3)ccc1C(=O)NS(=O)(=O)c1cnc(NCC2CCC(C)(O)CC2)c([N+](=O)[O-])c1. The molecular formula is C50H61FN8O9S. The number of ether oxygens (including phenoxy) is 2. The van der Waals surface area contributed by atoms with Gasteiger partial charge in [0.15, 0.2) is 5.75 Å². The number of benzene rings is 2. The molecular weight excluding hydrogens is 908 g/mol. The molecule has 9 rings (SSSR count). The van der Waals surface area contributed by atoms with E-state index in [1.807, 2.05) is 30.7 Å². The van der Waals surface area contributed by atoms with Gasteiger partial charge in [0.05, 0.1) is 39.9 Å². The highest BCUT2D eigenvalue weighted by molar-refractivity contribution is 7.90. The Balaban J connectivity index is 0.934. The molecule has 0 unspecified atom stereocenters. The molecule has 69 heavy (non-hydrogen) atoms. The number of aliphatic hydroxyl groups is 2. The Morgan fingerprint density at radius 3 is 2.49 bits per heavy atom. The second kappa shape index (κ2) is 18.8. The summed E-state index contributed by atoms with van der Waals surface area (Å²) in [7, 11) is -4.74. The van der Waals surface area contributed by atoms with Crippen molar-refractivity contribution in [3.05, 3.63) is 99.6 Å². The lowest BCUT2D eigenvalue weighted by Crippen LogP contribution is -2.63. The van der Waals surface area contributed by atoms with Crippen LogP contribution in [0.15, 0.2) is 71.9 Å². The molecule has 5 N–H and O–H groups in total. The zero-order chi connectivity index (χ0) is 48.9. The zero-order valence-electron chi connectivity index (χ0n) is 39.5. The number of rotatable bonds is 15. The number of nitro groups is 1. The number of hydrogen-bond donors (Lipinski definition) is 5. The smallest absolute Gasteiger partial charge is 0.312 e. The van der Waals surface area contributed by atoms with Gasteiger partial charge in [-0.1, -0.05) is 30.7 Å². The molecule has 2 saturated heterocycles. The van der Waals surface area contributed by atoms with Crippen LogP contribution in [-0.4, -0.2) is 100 Å². The fourth-order valence-corrected chi connectivity index (χ4v) is 11.9. The van der Waals surface area contributed by atoms with Crippen LogP contribution in [0.1, 0.15) is 113 Å². The standard InChI is InChI=1S/C50H61FN8O9S/c1-5-67-47-43(25-37-39(51)28-54-44(37)55-47)68-42-23-32(57-21-19-50(20-22-57)29-58(30-50)40-12-8-10-35(40)34-9-6-7-11-38(34)48(2,3)61)13-14-36(42)46(60)56-69(65,66)33-24-41(59(63)64)45(53-27-33)52-26-31-15-17-49(4,62)18-16-31/h6-7,9,11,13-14,23-25,27-28,31,35,40,61-62H,5,8,10,12,15-22,26,29-30H2,1-4H3,(H,52,53)(H,54,55)(H,56,60)/t31?,35-,40-,49?/m1/s1. The van der Waals surface area contributed by atoms with Crippen molar-refractivity contribution < 1.29 is 42.2 Å². The Bertz CT molecular complexity index is 2840. The number of piperidine rings is 1. The fourth-order valence-electron chi connectivity index (χ4n) is 11.0. The van der Waals surface area contributed by atoms with Crippen LogP contribution in [0.5, 0.6) is 17.4 Å². The Morgan fingerprint density at radius 1 is 1.04 bits per heavy atom. The quantitative estimate of drug-likeness (QED) is 0.0494. The van der Waals surface area contributed by atoms with Crippen molar-refractivity contribution in [2.75, 3.05) is 49.5 Å². The lowest BCUT2D eigenvalue weighted by Gasteiger charge is -2.57. The molecule has 368 valence electrons. The topological polar surface area (TPSA) is 225 Å². The van der Waals surface area contributed by atoms with Crippen LogP contribution < -0.4 is 24.4 Å². The number of aromatic amines is 1. The molecule has 1 amide bonds. The molecule has 2 saturated carbocycles. The normalized spacial score (nSPS) is 22.9. The Morgan fingerprint density at radius 2 is 1.78 bits per heavy atom. The van der Waals surface area contributed by atoms with E-state index in [2.05, 4.69) is 42.2 Å². The van der Waals surface area contributed by atoms with Gasteiger partial charge in [-0.15, -0.1) is 0 Å². The van der Waals surface area contributed by atoms with E-state index in [4.69, 9.17) is 9.47 Å². The van der Waals surface area contributed by atoms with Crippen LogP contribution in [0, 0.1) is 27.3 Å². The molecule has 2 aliphatic heterocycles. The van der Waals surface area contributed by atoms with Crippen molar-refractivity contribution >= 4 is 44.2 Å². The Kier molecular flexibility index (Phi) is 13.1. The lowest BCUT2D eigenvalue weighted by atomic mass is 9.70. The molecule has 3 aromatic heterocycles. The molecule has 2 atom stereocenters. The highest BCUT2D eigenvalue weighted by atomic mass is 32.2. The first kappa shape index (κ1) is 48.1. The molecule has 2 aliphatic carbocycles. The van der Waals surface area contributed by atoms with Crippen molar-refractivity contribution in [1.29, 1.82) is 0 Å². The van der Waals surface area contributed by atoms with E-state index in [1.165, 1.54) is 17.7 Å². The summed E-state index contributed by atoms with van der Waals surface area (Å²) >= 11 is 0. The van der Waals surface area contributed by atoms with Gasteiger partial charge in [0.2, 0.25) is 5.82 Å².